The van der Waals surface area contributed by atoms with Gasteiger partial charge in [-0.3, -0.25) is 0 Å². The Morgan fingerprint density at radius 3 is 2.54 bits per heavy atom. The highest BCUT2D eigenvalue weighted by Crippen LogP contribution is 2.21. The van der Waals surface area contributed by atoms with E-state index in [9.17, 15) is 13.5 Å². The molecule has 0 saturated carbocycles. The van der Waals surface area contributed by atoms with Crippen molar-refractivity contribution < 1.29 is 13.5 Å². The van der Waals surface area contributed by atoms with E-state index in [0.29, 0.717) is 5.56 Å². The quantitative estimate of drug-likeness (QED) is 0.747. The molecule has 5 nitrogen and oxygen atoms in total. The van der Waals surface area contributed by atoms with Gasteiger partial charge in [0.1, 0.15) is 0 Å². The van der Waals surface area contributed by atoms with E-state index in [-0.39, 0.29) is 11.4 Å². The number of nitrogens with one attached hydrogen (secondary N) is 1. The summed E-state index contributed by atoms with van der Waals surface area (Å²) < 4.78 is 29.0. The molecule has 2 N–H and O–H groups in total. The number of hydrogen-bond donors (Lipinski definition) is 2. The molecule has 0 amide bonds. The van der Waals surface area contributed by atoms with Gasteiger partial charge in [0, 0.05) is 25.3 Å². The highest BCUT2D eigenvalue weighted by Gasteiger charge is 2.17. The van der Waals surface area contributed by atoms with E-state index in [1.54, 1.807) is 24.3 Å². The maximum absolute atomic E-state index is 12.3. The molecule has 3 rings (SSSR count). The summed E-state index contributed by atoms with van der Waals surface area (Å²) in [5.74, 6) is 0. The molecular weight excluding hydrogens is 324 g/mol. The van der Waals surface area contributed by atoms with E-state index in [1.165, 1.54) is 0 Å². The molecule has 0 bridgehead atoms. The number of rotatable bonds is 5. The molecule has 24 heavy (non-hydrogen) atoms. The van der Waals surface area contributed by atoms with Crippen molar-refractivity contribution >= 4 is 20.9 Å². The molecule has 2 aromatic carbocycles. The van der Waals surface area contributed by atoms with E-state index in [4.69, 9.17) is 0 Å². The number of aliphatic hydroxyl groups excluding tert-OH is 1. The van der Waals surface area contributed by atoms with Gasteiger partial charge in [-0.15, -0.1) is 0 Å². The molecule has 0 aliphatic carbocycles. The Labute approximate surface area is 141 Å². The zero-order chi connectivity index (χ0) is 17.3. The van der Waals surface area contributed by atoms with Crippen LogP contribution in [0.25, 0.3) is 10.9 Å². The van der Waals surface area contributed by atoms with Gasteiger partial charge in [0.25, 0.3) is 0 Å². The van der Waals surface area contributed by atoms with Crippen LogP contribution in [0.15, 0.2) is 59.6 Å². The Balaban J connectivity index is 1.73. The third-order valence-electron chi connectivity index (χ3n) is 4.09. The number of aromatic nitrogens is 1. The molecule has 0 spiro atoms. The largest absolute Gasteiger partial charge is 0.387 e. The van der Waals surface area contributed by atoms with E-state index in [0.717, 1.165) is 16.5 Å². The van der Waals surface area contributed by atoms with Crippen LogP contribution in [0.3, 0.4) is 0 Å². The molecule has 126 valence electrons. The lowest BCUT2D eigenvalue weighted by Gasteiger charge is -2.13. The Bertz CT molecular complexity index is 960. The van der Waals surface area contributed by atoms with Crippen molar-refractivity contribution in [1.82, 2.24) is 9.29 Å². The predicted octanol–water partition coefficient (Wildman–Crippen LogP) is 2.50. The first-order chi connectivity index (χ1) is 11.4. The van der Waals surface area contributed by atoms with Crippen molar-refractivity contribution in [1.29, 1.82) is 0 Å². The van der Waals surface area contributed by atoms with E-state index in [1.807, 2.05) is 49.0 Å². The first-order valence-electron chi connectivity index (χ1n) is 7.66. The van der Waals surface area contributed by atoms with Crippen LogP contribution in [0.2, 0.25) is 0 Å². The fourth-order valence-corrected chi connectivity index (χ4v) is 3.65. The Morgan fingerprint density at radius 1 is 1.12 bits per heavy atom. The molecule has 1 heterocycles. The van der Waals surface area contributed by atoms with Gasteiger partial charge < -0.3 is 9.67 Å². The second-order valence-corrected chi connectivity index (χ2v) is 7.69. The molecule has 1 aromatic heterocycles. The van der Waals surface area contributed by atoms with Crippen LogP contribution in [0.1, 0.15) is 17.2 Å². The van der Waals surface area contributed by atoms with E-state index in [2.05, 4.69) is 4.72 Å². The Morgan fingerprint density at radius 2 is 1.83 bits per heavy atom. The number of aliphatic hydroxyl groups is 1. The highest BCUT2D eigenvalue weighted by molar-refractivity contribution is 7.89. The normalized spacial score (nSPS) is 13.3. The molecule has 0 aliphatic heterocycles. The summed E-state index contributed by atoms with van der Waals surface area (Å²) in [5.41, 5.74) is 2.73. The van der Waals surface area contributed by atoms with Crippen LogP contribution >= 0.6 is 0 Å². The second kappa shape index (κ2) is 6.39. The van der Waals surface area contributed by atoms with Crippen LogP contribution in [-0.2, 0) is 17.1 Å². The van der Waals surface area contributed by atoms with E-state index >= 15 is 0 Å². The summed E-state index contributed by atoms with van der Waals surface area (Å²) in [5, 5.41) is 11.3. The molecule has 3 aromatic rings. The van der Waals surface area contributed by atoms with Crippen molar-refractivity contribution in [2.45, 2.75) is 17.9 Å². The van der Waals surface area contributed by atoms with Crippen LogP contribution in [-0.4, -0.2) is 24.6 Å². The molecule has 1 atom stereocenters. The zero-order valence-electron chi connectivity index (χ0n) is 13.6. The Kier molecular flexibility index (Phi) is 4.45. The molecule has 6 heteroatoms. The van der Waals surface area contributed by atoms with Gasteiger partial charge in [-0.1, -0.05) is 23.8 Å². The van der Waals surface area contributed by atoms with Gasteiger partial charge in [-0.05, 0) is 48.2 Å². The van der Waals surface area contributed by atoms with Crippen molar-refractivity contribution in [3.8, 4) is 0 Å². The lowest BCUT2D eigenvalue weighted by Crippen LogP contribution is -2.28. The third kappa shape index (κ3) is 3.36. The van der Waals surface area contributed by atoms with Gasteiger partial charge in [-0.2, -0.15) is 0 Å². The molecule has 0 fully saturated rings. The first-order valence-corrected chi connectivity index (χ1v) is 9.14. The predicted molar refractivity (Wildman–Crippen MR) is 94.2 cm³/mol. The minimum atomic E-state index is -3.63. The van der Waals surface area contributed by atoms with Gasteiger partial charge in [0.15, 0.2) is 0 Å². The third-order valence-corrected chi connectivity index (χ3v) is 5.53. The van der Waals surface area contributed by atoms with Gasteiger partial charge in [-0.25, -0.2) is 13.1 Å². The standard InChI is InChI=1S/C18H20N2O3S/c1-13-3-6-16(7-4-13)24(22,23)19-12-18(21)15-5-8-17-14(11-15)9-10-20(17)2/h3-11,18-19,21H,12H2,1-2H3. The van der Waals surface area contributed by atoms with Crippen LogP contribution in [0.4, 0.5) is 0 Å². The topological polar surface area (TPSA) is 71.3 Å². The van der Waals surface area contributed by atoms with Crippen molar-refractivity contribution in [2.75, 3.05) is 6.54 Å². The number of aryl methyl sites for hydroxylation is 2. The number of fused-ring (bicyclic) bond motifs is 1. The summed E-state index contributed by atoms with van der Waals surface area (Å²) in [4.78, 5) is 0.193. The van der Waals surface area contributed by atoms with Crippen molar-refractivity contribution in [3.05, 3.63) is 65.9 Å². The van der Waals surface area contributed by atoms with Crippen molar-refractivity contribution in [3.63, 3.8) is 0 Å². The Hall–Kier alpha value is -2.15. The fourth-order valence-electron chi connectivity index (χ4n) is 2.61. The molecule has 0 aliphatic rings. The number of nitrogens with zero attached hydrogens (tertiary/aromatic N) is 1. The fraction of sp³-hybridized carbons (Fsp3) is 0.222. The summed E-state index contributed by atoms with van der Waals surface area (Å²) >= 11 is 0. The van der Waals surface area contributed by atoms with Crippen molar-refractivity contribution in [2.24, 2.45) is 7.05 Å². The smallest absolute Gasteiger partial charge is 0.240 e. The lowest BCUT2D eigenvalue weighted by atomic mass is 10.1. The maximum Gasteiger partial charge on any atom is 0.240 e. The monoisotopic (exact) mass is 344 g/mol. The molecule has 1 unspecified atom stereocenters. The zero-order valence-corrected chi connectivity index (χ0v) is 14.4. The minimum absolute atomic E-state index is 0.0749. The maximum atomic E-state index is 12.3. The summed E-state index contributed by atoms with van der Waals surface area (Å²) in [6, 6.07) is 14.2. The summed E-state index contributed by atoms with van der Waals surface area (Å²) in [7, 11) is -1.68. The SMILES string of the molecule is Cc1ccc(S(=O)(=O)NCC(O)c2ccc3c(ccn3C)c2)cc1. The number of hydrogen-bond acceptors (Lipinski definition) is 3. The first kappa shape index (κ1) is 16.7. The lowest BCUT2D eigenvalue weighted by molar-refractivity contribution is 0.182. The summed E-state index contributed by atoms with van der Waals surface area (Å²) in [6.07, 6.45) is 1.04. The molecule has 0 radical (unpaired) electrons. The number of benzene rings is 2. The second-order valence-electron chi connectivity index (χ2n) is 5.93. The van der Waals surface area contributed by atoms with Crippen LogP contribution in [0, 0.1) is 6.92 Å². The highest BCUT2D eigenvalue weighted by atomic mass is 32.2. The van der Waals surface area contributed by atoms with E-state index < -0.39 is 16.1 Å². The number of sulfonamides is 1. The summed E-state index contributed by atoms with van der Waals surface area (Å²) in [6.45, 7) is 1.82. The molecule has 0 saturated heterocycles. The minimum Gasteiger partial charge on any atom is -0.387 e. The van der Waals surface area contributed by atoms with Gasteiger partial charge in [0.05, 0.1) is 11.0 Å². The van der Waals surface area contributed by atoms with Gasteiger partial charge in [0.2, 0.25) is 10.0 Å². The average Bonchev–Trinajstić information content (AvgIpc) is 2.94. The van der Waals surface area contributed by atoms with Crippen LogP contribution in [0.5, 0.6) is 0 Å². The van der Waals surface area contributed by atoms with Crippen LogP contribution < -0.4 is 4.72 Å². The van der Waals surface area contributed by atoms with Gasteiger partial charge >= 0.3 is 0 Å². The molecular formula is C18H20N2O3S. The average molecular weight is 344 g/mol.